The van der Waals surface area contributed by atoms with E-state index >= 15 is 0 Å². The molecule has 0 aliphatic carbocycles. The van der Waals surface area contributed by atoms with E-state index < -0.39 is 5.91 Å². The fraction of sp³-hybridized carbons (Fsp3) is 0.333. The topological polar surface area (TPSA) is 72.9 Å². The van der Waals surface area contributed by atoms with Crippen LogP contribution in [0.5, 0.6) is 0 Å². The highest BCUT2D eigenvalue weighted by Gasteiger charge is 2.05. The summed E-state index contributed by atoms with van der Waals surface area (Å²) in [5.41, 5.74) is 7.37. The Labute approximate surface area is 118 Å². The maximum Gasteiger partial charge on any atom is 0.239 e. The molecule has 1 heterocycles. The SMILES string of the molecule is CC(CCc1ccccc1)Nc1cnn(CC(N)=O)c1. The van der Waals surface area contributed by atoms with Crippen LogP contribution in [0.3, 0.4) is 0 Å². The number of carbonyl (C=O) groups is 1. The molecule has 20 heavy (non-hydrogen) atoms. The predicted octanol–water partition coefficient (Wildman–Crippen LogP) is 1.80. The first-order chi connectivity index (χ1) is 9.63. The molecule has 1 aromatic heterocycles. The first kappa shape index (κ1) is 14.1. The molecule has 0 radical (unpaired) electrons. The average molecular weight is 272 g/mol. The van der Waals surface area contributed by atoms with Gasteiger partial charge in [0.25, 0.3) is 0 Å². The van der Waals surface area contributed by atoms with E-state index in [1.165, 1.54) is 10.2 Å². The van der Waals surface area contributed by atoms with E-state index in [2.05, 4.69) is 41.6 Å². The van der Waals surface area contributed by atoms with Gasteiger partial charge in [-0.3, -0.25) is 9.48 Å². The Bertz CT molecular complexity index is 550. The lowest BCUT2D eigenvalue weighted by Gasteiger charge is -2.13. The Morgan fingerprint density at radius 3 is 2.85 bits per heavy atom. The zero-order chi connectivity index (χ0) is 14.4. The van der Waals surface area contributed by atoms with Crippen molar-refractivity contribution < 1.29 is 4.79 Å². The molecule has 1 aromatic carbocycles. The summed E-state index contributed by atoms with van der Waals surface area (Å²) in [6, 6.07) is 10.7. The third-order valence-corrected chi connectivity index (χ3v) is 3.07. The second-order valence-electron chi connectivity index (χ2n) is 4.96. The molecular formula is C15H20N4O. The number of aromatic nitrogens is 2. The van der Waals surface area contributed by atoms with Crippen LogP contribution in [0.1, 0.15) is 18.9 Å². The van der Waals surface area contributed by atoms with Crippen molar-refractivity contribution >= 4 is 11.6 Å². The molecule has 0 fully saturated rings. The smallest absolute Gasteiger partial charge is 0.239 e. The highest BCUT2D eigenvalue weighted by atomic mass is 16.1. The minimum Gasteiger partial charge on any atom is -0.380 e. The monoisotopic (exact) mass is 272 g/mol. The quantitative estimate of drug-likeness (QED) is 0.807. The van der Waals surface area contributed by atoms with E-state index in [-0.39, 0.29) is 6.54 Å². The normalized spacial score (nSPS) is 12.1. The lowest BCUT2D eigenvalue weighted by atomic mass is 10.1. The van der Waals surface area contributed by atoms with E-state index in [0.717, 1.165) is 18.5 Å². The molecule has 1 unspecified atom stereocenters. The Morgan fingerprint density at radius 2 is 2.15 bits per heavy atom. The number of amides is 1. The van der Waals surface area contributed by atoms with E-state index in [1.54, 1.807) is 12.4 Å². The van der Waals surface area contributed by atoms with Crippen molar-refractivity contribution in [3.63, 3.8) is 0 Å². The number of carbonyl (C=O) groups excluding carboxylic acids is 1. The number of hydrogen-bond acceptors (Lipinski definition) is 3. The Kier molecular flexibility index (Phi) is 4.76. The zero-order valence-corrected chi connectivity index (χ0v) is 11.6. The zero-order valence-electron chi connectivity index (χ0n) is 11.6. The number of anilines is 1. The van der Waals surface area contributed by atoms with Crippen molar-refractivity contribution in [1.82, 2.24) is 9.78 Å². The summed E-state index contributed by atoms with van der Waals surface area (Å²) in [6.45, 7) is 2.24. The van der Waals surface area contributed by atoms with Crippen LogP contribution in [-0.4, -0.2) is 21.7 Å². The lowest BCUT2D eigenvalue weighted by Crippen LogP contribution is -2.19. The van der Waals surface area contributed by atoms with Gasteiger partial charge < -0.3 is 11.1 Å². The standard InChI is InChI=1S/C15H20N4O/c1-12(7-8-13-5-3-2-4-6-13)18-14-9-17-19(10-14)11-15(16)20/h2-6,9-10,12,18H,7-8,11H2,1H3,(H2,16,20). The van der Waals surface area contributed by atoms with Crippen LogP contribution in [0.4, 0.5) is 5.69 Å². The number of nitrogens with two attached hydrogens (primary N) is 1. The van der Waals surface area contributed by atoms with Gasteiger partial charge in [0, 0.05) is 12.2 Å². The van der Waals surface area contributed by atoms with Crippen LogP contribution in [0.25, 0.3) is 0 Å². The van der Waals surface area contributed by atoms with Crippen LogP contribution < -0.4 is 11.1 Å². The summed E-state index contributed by atoms with van der Waals surface area (Å²) in [5, 5.41) is 7.45. The highest BCUT2D eigenvalue weighted by molar-refractivity contribution is 5.73. The molecule has 2 aromatic rings. The predicted molar refractivity (Wildman–Crippen MR) is 79.3 cm³/mol. The van der Waals surface area contributed by atoms with Gasteiger partial charge in [-0.15, -0.1) is 0 Å². The van der Waals surface area contributed by atoms with Gasteiger partial charge in [-0.25, -0.2) is 0 Å². The molecule has 0 spiro atoms. The van der Waals surface area contributed by atoms with Crippen LogP contribution in [-0.2, 0) is 17.8 Å². The number of nitrogens with one attached hydrogen (secondary N) is 1. The van der Waals surface area contributed by atoms with Gasteiger partial charge >= 0.3 is 0 Å². The number of rotatable bonds is 7. The van der Waals surface area contributed by atoms with Crippen LogP contribution in [0, 0.1) is 0 Å². The summed E-state index contributed by atoms with van der Waals surface area (Å²) in [4.78, 5) is 10.8. The minimum absolute atomic E-state index is 0.111. The number of primary amides is 1. The fourth-order valence-electron chi connectivity index (χ4n) is 2.07. The molecule has 0 bridgehead atoms. The number of nitrogens with zero attached hydrogens (tertiary/aromatic N) is 2. The summed E-state index contributed by atoms with van der Waals surface area (Å²) >= 11 is 0. The van der Waals surface area contributed by atoms with Crippen molar-refractivity contribution in [1.29, 1.82) is 0 Å². The van der Waals surface area contributed by atoms with Crippen LogP contribution in [0.15, 0.2) is 42.7 Å². The summed E-state index contributed by atoms with van der Waals surface area (Å²) < 4.78 is 1.54. The Balaban J connectivity index is 1.80. The van der Waals surface area contributed by atoms with Crippen molar-refractivity contribution in [2.45, 2.75) is 32.4 Å². The molecule has 1 amide bonds. The second-order valence-corrected chi connectivity index (χ2v) is 4.96. The number of aryl methyl sites for hydroxylation is 1. The molecule has 5 heteroatoms. The van der Waals surface area contributed by atoms with Crippen molar-refractivity contribution in [3.8, 4) is 0 Å². The van der Waals surface area contributed by atoms with Gasteiger partial charge in [0.1, 0.15) is 6.54 Å². The Morgan fingerprint density at radius 1 is 1.40 bits per heavy atom. The van der Waals surface area contributed by atoms with Gasteiger partial charge in [-0.05, 0) is 25.3 Å². The van der Waals surface area contributed by atoms with Crippen molar-refractivity contribution in [3.05, 3.63) is 48.3 Å². The molecule has 2 rings (SSSR count). The van der Waals surface area contributed by atoms with Gasteiger partial charge in [0.05, 0.1) is 11.9 Å². The number of benzene rings is 1. The van der Waals surface area contributed by atoms with Crippen LogP contribution in [0.2, 0.25) is 0 Å². The van der Waals surface area contributed by atoms with Crippen molar-refractivity contribution in [2.75, 3.05) is 5.32 Å². The maximum atomic E-state index is 10.8. The van der Waals surface area contributed by atoms with Gasteiger partial charge in [-0.2, -0.15) is 5.10 Å². The van der Waals surface area contributed by atoms with E-state index in [0.29, 0.717) is 6.04 Å². The average Bonchev–Trinajstić information content (AvgIpc) is 2.84. The Hall–Kier alpha value is -2.30. The molecule has 0 saturated carbocycles. The first-order valence-electron chi connectivity index (χ1n) is 6.74. The second kappa shape index (κ2) is 6.75. The van der Waals surface area contributed by atoms with E-state index in [9.17, 15) is 4.79 Å². The van der Waals surface area contributed by atoms with Crippen molar-refractivity contribution in [2.24, 2.45) is 5.73 Å². The van der Waals surface area contributed by atoms with E-state index in [4.69, 9.17) is 5.73 Å². The largest absolute Gasteiger partial charge is 0.380 e. The fourth-order valence-corrected chi connectivity index (χ4v) is 2.07. The summed E-state index contributed by atoms with van der Waals surface area (Å²) in [6.07, 6.45) is 5.57. The molecule has 106 valence electrons. The number of hydrogen-bond donors (Lipinski definition) is 2. The lowest BCUT2D eigenvalue weighted by molar-refractivity contribution is -0.118. The molecule has 0 aliphatic rings. The van der Waals surface area contributed by atoms with Gasteiger partial charge in [-0.1, -0.05) is 30.3 Å². The van der Waals surface area contributed by atoms with Gasteiger partial charge in [0.15, 0.2) is 0 Å². The molecule has 3 N–H and O–H groups in total. The summed E-state index contributed by atoms with van der Waals surface area (Å²) in [7, 11) is 0. The van der Waals surface area contributed by atoms with Gasteiger partial charge in [0.2, 0.25) is 5.91 Å². The highest BCUT2D eigenvalue weighted by Crippen LogP contribution is 2.11. The maximum absolute atomic E-state index is 10.8. The molecule has 5 nitrogen and oxygen atoms in total. The van der Waals surface area contributed by atoms with Crippen LogP contribution >= 0.6 is 0 Å². The molecule has 1 atom stereocenters. The third-order valence-electron chi connectivity index (χ3n) is 3.07. The minimum atomic E-state index is -0.392. The third kappa shape index (κ3) is 4.42. The van der Waals surface area contributed by atoms with E-state index in [1.807, 2.05) is 6.07 Å². The molecular weight excluding hydrogens is 252 g/mol. The molecule has 0 saturated heterocycles. The molecule has 0 aliphatic heterocycles. The summed E-state index contributed by atoms with van der Waals surface area (Å²) in [5.74, 6) is -0.392. The first-order valence-corrected chi connectivity index (χ1v) is 6.74.